The van der Waals surface area contributed by atoms with E-state index in [2.05, 4.69) is 5.32 Å². The van der Waals surface area contributed by atoms with Crippen molar-refractivity contribution in [1.82, 2.24) is 5.32 Å². The lowest BCUT2D eigenvalue weighted by molar-refractivity contribution is 0.174. The van der Waals surface area contributed by atoms with Crippen LogP contribution in [0.3, 0.4) is 0 Å². The Morgan fingerprint density at radius 1 is 1.27 bits per heavy atom. The van der Waals surface area contributed by atoms with E-state index in [1.165, 1.54) is 12.1 Å². The number of benzene rings is 2. The van der Waals surface area contributed by atoms with Crippen LogP contribution in [0.1, 0.15) is 17.2 Å². The second-order valence-electron chi connectivity index (χ2n) is 4.81. The van der Waals surface area contributed by atoms with Crippen LogP contribution in [0.4, 0.5) is 4.39 Å². The third kappa shape index (κ3) is 4.10. The number of phenolic OH excluding ortho intramolecular Hbond substituents is 1. The van der Waals surface area contributed by atoms with E-state index in [4.69, 9.17) is 16.3 Å². The van der Waals surface area contributed by atoms with Crippen molar-refractivity contribution in [2.75, 3.05) is 13.7 Å². The van der Waals surface area contributed by atoms with Crippen LogP contribution in [0.25, 0.3) is 0 Å². The zero-order valence-corrected chi connectivity index (χ0v) is 12.8. The Hall–Kier alpha value is -1.82. The summed E-state index contributed by atoms with van der Waals surface area (Å²) < 4.78 is 18.4. The first kappa shape index (κ1) is 16.5. The molecule has 6 heteroatoms. The van der Waals surface area contributed by atoms with Gasteiger partial charge in [-0.3, -0.25) is 0 Å². The number of hydrogen-bond donors (Lipinski definition) is 3. The summed E-state index contributed by atoms with van der Waals surface area (Å²) in [6, 6.07) is 9.09. The molecule has 0 aliphatic heterocycles. The van der Waals surface area contributed by atoms with Gasteiger partial charge in [-0.25, -0.2) is 4.39 Å². The van der Waals surface area contributed by atoms with Gasteiger partial charge in [-0.05, 0) is 35.9 Å². The monoisotopic (exact) mass is 325 g/mol. The maximum atomic E-state index is 13.4. The van der Waals surface area contributed by atoms with Gasteiger partial charge >= 0.3 is 0 Å². The maximum Gasteiger partial charge on any atom is 0.142 e. The Kier molecular flexibility index (Phi) is 5.60. The molecule has 0 bridgehead atoms. The second-order valence-corrected chi connectivity index (χ2v) is 5.22. The Morgan fingerprint density at radius 3 is 2.73 bits per heavy atom. The van der Waals surface area contributed by atoms with E-state index < -0.39 is 11.9 Å². The predicted octanol–water partition coefficient (Wildman–Crippen LogP) is 3.02. The maximum absolute atomic E-state index is 13.4. The van der Waals surface area contributed by atoms with Gasteiger partial charge in [-0.1, -0.05) is 17.7 Å². The van der Waals surface area contributed by atoms with Gasteiger partial charge in [0.05, 0.1) is 18.2 Å². The normalized spacial score (nSPS) is 12.2. The molecule has 0 aromatic heterocycles. The Labute approximate surface area is 133 Å². The van der Waals surface area contributed by atoms with E-state index >= 15 is 0 Å². The fraction of sp³-hybridized carbons (Fsp3) is 0.250. The van der Waals surface area contributed by atoms with Gasteiger partial charge in [0.1, 0.15) is 17.3 Å². The highest BCUT2D eigenvalue weighted by molar-refractivity contribution is 6.30. The molecule has 0 fully saturated rings. The highest BCUT2D eigenvalue weighted by Gasteiger charge is 2.11. The highest BCUT2D eigenvalue weighted by atomic mass is 35.5. The molecule has 118 valence electrons. The van der Waals surface area contributed by atoms with Gasteiger partial charge in [0, 0.05) is 18.7 Å². The minimum absolute atomic E-state index is 0.0187. The lowest BCUT2D eigenvalue weighted by Crippen LogP contribution is -2.21. The van der Waals surface area contributed by atoms with Crippen molar-refractivity contribution in [3.63, 3.8) is 0 Å². The van der Waals surface area contributed by atoms with E-state index in [-0.39, 0.29) is 17.3 Å². The molecule has 0 saturated carbocycles. The Bertz CT molecular complexity index is 651. The average Bonchev–Trinajstić information content (AvgIpc) is 2.51. The number of nitrogens with one attached hydrogen (secondary N) is 1. The Morgan fingerprint density at radius 2 is 2.05 bits per heavy atom. The molecule has 1 atom stereocenters. The fourth-order valence-corrected chi connectivity index (χ4v) is 2.13. The van der Waals surface area contributed by atoms with Crippen LogP contribution in [0, 0.1) is 5.82 Å². The van der Waals surface area contributed by atoms with Gasteiger partial charge in [-0.2, -0.15) is 0 Å². The van der Waals surface area contributed by atoms with Crippen molar-refractivity contribution in [2.24, 2.45) is 0 Å². The summed E-state index contributed by atoms with van der Waals surface area (Å²) in [5.41, 5.74) is 1.08. The number of hydrogen-bond acceptors (Lipinski definition) is 4. The summed E-state index contributed by atoms with van der Waals surface area (Å²) in [4.78, 5) is 0. The SMILES string of the molecule is COc1ccc(O)c(CNCC(O)c2ccc(Cl)c(F)c2)c1. The highest BCUT2D eigenvalue weighted by Crippen LogP contribution is 2.23. The predicted molar refractivity (Wildman–Crippen MR) is 82.7 cm³/mol. The molecule has 2 rings (SSSR count). The summed E-state index contributed by atoms with van der Waals surface area (Å²) in [6.45, 7) is 0.549. The van der Waals surface area contributed by atoms with E-state index in [0.717, 1.165) is 0 Å². The number of aliphatic hydroxyl groups is 1. The second kappa shape index (κ2) is 7.45. The molecule has 0 heterocycles. The first-order chi connectivity index (χ1) is 10.5. The van der Waals surface area contributed by atoms with Crippen molar-refractivity contribution in [2.45, 2.75) is 12.6 Å². The van der Waals surface area contributed by atoms with Crippen LogP contribution >= 0.6 is 11.6 Å². The Balaban J connectivity index is 1.94. The van der Waals surface area contributed by atoms with Crippen LogP contribution in [-0.2, 0) is 6.54 Å². The molecule has 2 aromatic carbocycles. The molecule has 1 unspecified atom stereocenters. The summed E-state index contributed by atoms with van der Waals surface area (Å²) in [5.74, 6) is 0.207. The third-order valence-electron chi connectivity index (χ3n) is 3.27. The molecule has 0 amide bonds. The fourth-order valence-electron chi connectivity index (χ4n) is 2.01. The smallest absolute Gasteiger partial charge is 0.142 e. The standard InChI is InChI=1S/C16H17ClFNO3/c1-22-12-3-5-15(20)11(6-12)8-19-9-16(21)10-2-4-13(17)14(18)7-10/h2-7,16,19-21H,8-9H2,1H3. The first-order valence-corrected chi connectivity index (χ1v) is 7.08. The zero-order valence-electron chi connectivity index (χ0n) is 12.0. The quantitative estimate of drug-likeness (QED) is 0.764. The minimum atomic E-state index is -0.875. The number of halogens is 2. The average molecular weight is 326 g/mol. The van der Waals surface area contributed by atoms with Gasteiger partial charge in [0.2, 0.25) is 0 Å². The van der Waals surface area contributed by atoms with Crippen LogP contribution in [0.2, 0.25) is 5.02 Å². The number of phenols is 1. The van der Waals surface area contributed by atoms with E-state index in [1.54, 1.807) is 31.4 Å². The van der Waals surface area contributed by atoms with E-state index in [9.17, 15) is 14.6 Å². The molecule has 0 aliphatic rings. The van der Waals surface area contributed by atoms with Crippen molar-refractivity contribution in [3.05, 3.63) is 58.4 Å². The lowest BCUT2D eigenvalue weighted by atomic mass is 10.1. The third-order valence-corrected chi connectivity index (χ3v) is 3.57. The summed E-state index contributed by atoms with van der Waals surface area (Å²) in [7, 11) is 1.54. The van der Waals surface area contributed by atoms with Crippen molar-refractivity contribution in [1.29, 1.82) is 0 Å². The molecule has 0 spiro atoms. The topological polar surface area (TPSA) is 61.7 Å². The van der Waals surface area contributed by atoms with Crippen LogP contribution in [0.15, 0.2) is 36.4 Å². The van der Waals surface area contributed by atoms with Crippen molar-refractivity contribution in [3.8, 4) is 11.5 Å². The molecule has 3 N–H and O–H groups in total. The van der Waals surface area contributed by atoms with Crippen molar-refractivity contribution >= 4 is 11.6 Å². The van der Waals surface area contributed by atoms with Crippen LogP contribution in [0.5, 0.6) is 11.5 Å². The van der Waals surface area contributed by atoms with E-state index in [0.29, 0.717) is 23.4 Å². The van der Waals surface area contributed by atoms with Gasteiger partial charge in [0.15, 0.2) is 0 Å². The van der Waals surface area contributed by atoms with Gasteiger partial charge < -0.3 is 20.3 Å². The zero-order chi connectivity index (χ0) is 16.1. The summed E-state index contributed by atoms with van der Waals surface area (Å²) in [6.07, 6.45) is -0.875. The lowest BCUT2D eigenvalue weighted by Gasteiger charge is -2.13. The van der Waals surface area contributed by atoms with Crippen molar-refractivity contribution < 1.29 is 19.3 Å². The summed E-state index contributed by atoms with van der Waals surface area (Å²) >= 11 is 5.60. The largest absolute Gasteiger partial charge is 0.508 e. The number of rotatable bonds is 6. The molecule has 4 nitrogen and oxygen atoms in total. The molecule has 0 radical (unpaired) electrons. The molecule has 22 heavy (non-hydrogen) atoms. The number of aromatic hydroxyl groups is 1. The molecule has 0 saturated heterocycles. The number of aliphatic hydroxyl groups excluding tert-OH is 1. The van der Waals surface area contributed by atoms with Crippen LogP contribution < -0.4 is 10.1 Å². The van der Waals surface area contributed by atoms with Crippen LogP contribution in [-0.4, -0.2) is 23.9 Å². The molecular formula is C16H17ClFNO3. The van der Waals surface area contributed by atoms with Gasteiger partial charge in [-0.15, -0.1) is 0 Å². The first-order valence-electron chi connectivity index (χ1n) is 6.71. The minimum Gasteiger partial charge on any atom is -0.508 e. The molecule has 2 aromatic rings. The molecule has 0 aliphatic carbocycles. The number of methoxy groups -OCH3 is 1. The van der Waals surface area contributed by atoms with E-state index in [1.807, 2.05) is 0 Å². The number of ether oxygens (including phenoxy) is 1. The molecular weight excluding hydrogens is 309 g/mol. The van der Waals surface area contributed by atoms with Gasteiger partial charge in [0.25, 0.3) is 0 Å². The summed E-state index contributed by atoms with van der Waals surface area (Å²) in [5, 5.41) is 22.8.